The Balaban J connectivity index is 0. The Morgan fingerprint density at radius 2 is 1.32 bits per heavy atom. The van der Waals surface area contributed by atoms with E-state index in [1.54, 1.807) is 0 Å². The normalized spacial score (nSPS) is 21.8. The molecule has 188 valence electrons. The Morgan fingerprint density at radius 1 is 0.839 bits per heavy atom. The van der Waals surface area contributed by atoms with Gasteiger partial charge in [0, 0.05) is 56.8 Å². The maximum absolute atomic E-state index is 11.8. The number of piperazine rings is 1. The van der Waals surface area contributed by atoms with Gasteiger partial charge in [-0.25, -0.2) is 0 Å². The van der Waals surface area contributed by atoms with Crippen molar-refractivity contribution in [2.45, 2.75) is 81.8 Å². The minimum atomic E-state index is -0.226. The number of rotatable bonds is 2. The van der Waals surface area contributed by atoms with Crippen molar-refractivity contribution in [1.82, 2.24) is 19.6 Å². The minimum Gasteiger partial charge on any atom is -0.379 e. The summed E-state index contributed by atoms with van der Waals surface area (Å²) in [6.45, 7) is 21.0. The summed E-state index contributed by atoms with van der Waals surface area (Å²) >= 11 is 0. The zero-order valence-corrected chi connectivity index (χ0v) is 19.2. The molecular weight excluding hydrogens is 388 g/mol. The number of likely N-dealkylation sites (N-methyl/N-ethyl adjacent to an activating group) is 1. The average molecular weight is 445 g/mol. The summed E-state index contributed by atoms with van der Waals surface area (Å²) in [5, 5.41) is 0. The Hall–Kier alpha value is -0.690. The highest BCUT2D eigenvalue weighted by Crippen LogP contribution is 2.19. The first-order chi connectivity index (χ1) is 13.2. The van der Waals surface area contributed by atoms with Crippen LogP contribution >= 0.6 is 0 Å². The molecule has 0 aromatic rings. The molecule has 0 atom stereocenters. The smallest absolute Gasteiger partial charge is 0.228 e. The van der Waals surface area contributed by atoms with E-state index in [1.165, 1.54) is 25.9 Å². The van der Waals surface area contributed by atoms with Gasteiger partial charge in [0.2, 0.25) is 5.91 Å². The van der Waals surface area contributed by atoms with Crippen molar-refractivity contribution in [3.63, 3.8) is 0 Å². The van der Waals surface area contributed by atoms with Gasteiger partial charge in [-0.15, -0.1) is 0 Å². The number of amides is 1. The molecule has 0 aliphatic carbocycles. The fraction of sp³-hybridized carbons (Fsp3) is 0.960. The van der Waals surface area contributed by atoms with Crippen LogP contribution in [0.5, 0.6) is 0 Å². The number of likely N-dealkylation sites (tertiary alicyclic amines) is 1. The summed E-state index contributed by atoms with van der Waals surface area (Å²) in [6, 6.07) is 1.54. The van der Waals surface area contributed by atoms with Gasteiger partial charge < -0.3 is 19.4 Å². The van der Waals surface area contributed by atoms with Crippen LogP contribution in [0.4, 0.5) is 0 Å². The van der Waals surface area contributed by atoms with Gasteiger partial charge in [-0.3, -0.25) is 9.69 Å². The Kier molecular flexibility index (Phi) is 15.9. The molecule has 3 fully saturated rings. The molecule has 6 heteroatoms. The first kappa shape index (κ1) is 32.5. The van der Waals surface area contributed by atoms with Crippen LogP contribution in [0.3, 0.4) is 0 Å². The third kappa shape index (κ3) is 10.6. The van der Waals surface area contributed by atoms with Crippen molar-refractivity contribution >= 4 is 5.91 Å². The second-order valence-corrected chi connectivity index (χ2v) is 9.85. The van der Waals surface area contributed by atoms with Gasteiger partial charge in [0.05, 0.1) is 13.2 Å². The Bertz CT molecular complexity index is 457. The fourth-order valence-corrected chi connectivity index (χ4v) is 4.19. The maximum atomic E-state index is 11.8. The predicted molar refractivity (Wildman–Crippen MR) is 136 cm³/mol. The molecule has 3 heterocycles. The average Bonchev–Trinajstić information content (AvgIpc) is 2.68. The highest BCUT2D eigenvalue weighted by atomic mass is 16.5. The largest absolute Gasteiger partial charge is 0.379 e. The van der Waals surface area contributed by atoms with E-state index in [4.69, 9.17) is 4.74 Å². The molecule has 3 saturated heterocycles. The summed E-state index contributed by atoms with van der Waals surface area (Å²) < 4.78 is 5.40. The highest BCUT2D eigenvalue weighted by Gasteiger charge is 2.29. The molecule has 0 aromatic carbocycles. The topological polar surface area (TPSA) is 39.3 Å². The third-order valence-corrected chi connectivity index (χ3v) is 6.22. The molecule has 3 rings (SSSR count). The van der Waals surface area contributed by atoms with E-state index in [1.807, 2.05) is 25.7 Å². The molecule has 0 unspecified atom stereocenters. The summed E-state index contributed by atoms with van der Waals surface area (Å²) in [7, 11) is 2.10. The lowest BCUT2D eigenvalue weighted by molar-refractivity contribution is -0.141. The molecular formula is C25H56N4O2. The van der Waals surface area contributed by atoms with Gasteiger partial charge in [0.1, 0.15) is 0 Å². The van der Waals surface area contributed by atoms with E-state index >= 15 is 0 Å². The van der Waals surface area contributed by atoms with Crippen LogP contribution in [-0.2, 0) is 9.53 Å². The first-order valence-corrected chi connectivity index (χ1v) is 11.2. The van der Waals surface area contributed by atoms with Gasteiger partial charge in [-0.1, -0.05) is 43.1 Å². The van der Waals surface area contributed by atoms with Crippen molar-refractivity contribution in [3.8, 4) is 0 Å². The molecule has 1 amide bonds. The molecule has 6 nitrogen and oxygen atoms in total. The first-order valence-electron chi connectivity index (χ1n) is 11.2. The lowest BCUT2D eigenvalue weighted by atomic mass is 9.94. The van der Waals surface area contributed by atoms with Crippen LogP contribution in [0.25, 0.3) is 0 Å². The molecule has 3 aliphatic heterocycles. The van der Waals surface area contributed by atoms with E-state index in [2.05, 4.69) is 35.6 Å². The number of hydrogen-bond acceptors (Lipinski definition) is 5. The standard InChI is InChI=1S/C12H24N2O.C10H20N2O.3CH4/c1-11(2)13-5-3-12(4-6-13)14-7-9-15-10-8-14;1-10(2,3)9(13)12-7-5-11(4)6-8-12;;;/h11-12H,3-10H2,1-2H3;5-8H2,1-4H3;3*1H4. The van der Waals surface area contributed by atoms with Gasteiger partial charge >= 0.3 is 0 Å². The van der Waals surface area contributed by atoms with Gasteiger partial charge in [0.25, 0.3) is 0 Å². The van der Waals surface area contributed by atoms with Crippen molar-refractivity contribution < 1.29 is 9.53 Å². The van der Waals surface area contributed by atoms with E-state index in [9.17, 15) is 4.79 Å². The molecule has 31 heavy (non-hydrogen) atoms. The van der Waals surface area contributed by atoms with Crippen LogP contribution in [0, 0.1) is 5.41 Å². The zero-order chi connectivity index (χ0) is 20.7. The molecule has 0 spiro atoms. The lowest BCUT2D eigenvalue weighted by Crippen LogP contribution is -2.50. The van der Waals surface area contributed by atoms with Crippen LogP contribution in [0.1, 0.15) is 69.7 Å². The molecule has 0 radical (unpaired) electrons. The Labute approximate surface area is 195 Å². The van der Waals surface area contributed by atoms with E-state index < -0.39 is 0 Å². The van der Waals surface area contributed by atoms with E-state index in [-0.39, 0.29) is 33.6 Å². The van der Waals surface area contributed by atoms with Crippen molar-refractivity contribution in [3.05, 3.63) is 0 Å². The second-order valence-electron chi connectivity index (χ2n) is 9.85. The highest BCUT2D eigenvalue weighted by molar-refractivity contribution is 5.81. The summed E-state index contributed by atoms with van der Waals surface area (Å²) in [4.78, 5) is 21.3. The fourth-order valence-electron chi connectivity index (χ4n) is 4.19. The van der Waals surface area contributed by atoms with Gasteiger partial charge in [-0.2, -0.15) is 0 Å². The quantitative estimate of drug-likeness (QED) is 0.646. The number of ether oxygens (including phenoxy) is 1. The zero-order valence-electron chi connectivity index (χ0n) is 19.2. The molecule has 0 N–H and O–H groups in total. The number of carbonyl (C=O) groups excluding carboxylic acids is 1. The van der Waals surface area contributed by atoms with Crippen LogP contribution in [-0.4, -0.2) is 110 Å². The summed E-state index contributed by atoms with van der Waals surface area (Å²) in [5.41, 5.74) is -0.226. The molecule has 0 saturated carbocycles. The second kappa shape index (κ2) is 15.2. The van der Waals surface area contributed by atoms with Gasteiger partial charge in [0.15, 0.2) is 0 Å². The number of carbonyl (C=O) groups is 1. The summed E-state index contributed by atoms with van der Waals surface area (Å²) in [5.74, 6) is 0.278. The van der Waals surface area contributed by atoms with Crippen LogP contribution in [0.15, 0.2) is 0 Å². The number of piperidine rings is 1. The number of morpholine rings is 1. The monoisotopic (exact) mass is 444 g/mol. The van der Waals surface area contributed by atoms with Crippen molar-refractivity contribution in [2.75, 3.05) is 72.6 Å². The van der Waals surface area contributed by atoms with E-state index in [0.29, 0.717) is 0 Å². The number of nitrogens with zero attached hydrogens (tertiary/aromatic N) is 4. The molecule has 3 aliphatic rings. The maximum Gasteiger partial charge on any atom is 0.228 e. The summed E-state index contributed by atoms with van der Waals surface area (Å²) in [6.07, 6.45) is 2.69. The van der Waals surface area contributed by atoms with Crippen LogP contribution < -0.4 is 0 Å². The molecule has 0 bridgehead atoms. The van der Waals surface area contributed by atoms with Crippen molar-refractivity contribution in [1.29, 1.82) is 0 Å². The third-order valence-electron chi connectivity index (χ3n) is 6.22. The lowest BCUT2D eigenvalue weighted by Gasteiger charge is -2.41. The SMILES string of the molecule is C.C.C.CC(C)N1CCC(N2CCOCC2)CC1.CN1CCN(C(=O)C(C)(C)C)CC1. The molecule has 0 aromatic heterocycles. The predicted octanol–water partition coefficient (Wildman–Crippen LogP) is 3.91. The van der Waals surface area contributed by atoms with Crippen LogP contribution in [0.2, 0.25) is 0 Å². The van der Waals surface area contributed by atoms with Crippen molar-refractivity contribution in [2.24, 2.45) is 5.41 Å². The minimum absolute atomic E-state index is 0. The Morgan fingerprint density at radius 3 is 1.74 bits per heavy atom. The van der Waals surface area contributed by atoms with E-state index in [0.717, 1.165) is 64.6 Å². The van der Waals surface area contributed by atoms with Gasteiger partial charge in [-0.05, 0) is 46.8 Å². The number of hydrogen-bond donors (Lipinski definition) is 0.